The van der Waals surface area contributed by atoms with Crippen LogP contribution in [0.25, 0.3) is 0 Å². The van der Waals surface area contributed by atoms with Crippen LogP contribution in [-0.2, 0) is 0 Å². The summed E-state index contributed by atoms with van der Waals surface area (Å²) < 4.78 is 1.72. The van der Waals surface area contributed by atoms with Crippen LogP contribution in [0.1, 0.15) is 10.4 Å². The van der Waals surface area contributed by atoms with E-state index in [4.69, 9.17) is 0 Å². The molecule has 0 aliphatic carbocycles. The van der Waals surface area contributed by atoms with Crippen LogP contribution in [0.5, 0.6) is 0 Å². The average molecular weight is 258 g/mol. The van der Waals surface area contributed by atoms with E-state index in [-0.39, 0.29) is 5.78 Å². The van der Waals surface area contributed by atoms with Crippen LogP contribution in [-0.4, -0.2) is 5.78 Å². The third kappa shape index (κ3) is 2.46. The van der Waals surface area contributed by atoms with Gasteiger partial charge in [-0.05, 0) is 10.2 Å². The molecule has 0 saturated heterocycles. The molecule has 0 saturated carbocycles. The van der Waals surface area contributed by atoms with Crippen molar-refractivity contribution in [2.24, 2.45) is 0 Å². The number of benzene rings is 1. The predicted octanol–water partition coefficient (Wildman–Crippen LogP) is 2.82. The van der Waals surface area contributed by atoms with Gasteiger partial charge in [0.2, 0.25) is 0 Å². The maximum Gasteiger partial charge on any atom is 0.186 e. The third-order valence-corrected chi connectivity index (χ3v) is 1.63. The molecular formula is C9H7IO. The minimum absolute atomic E-state index is 0.0556. The Morgan fingerprint density at radius 2 is 1.91 bits per heavy atom. The summed E-state index contributed by atoms with van der Waals surface area (Å²) in [5.74, 6) is 0.0556. The number of hydrogen-bond donors (Lipinski definition) is 0. The summed E-state index contributed by atoms with van der Waals surface area (Å²) in [7, 11) is 0. The first-order valence-corrected chi connectivity index (χ1v) is 4.45. The Kier molecular flexibility index (Phi) is 3.29. The molecule has 0 N–H and O–H groups in total. The van der Waals surface area contributed by atoms with Crippen LogP contribution in [0.15, 0.2) is 40.5 Å². The fourth-order valence-electron chi connectivity index (χ4n) is 0.756. The number of ketones is 1. The van der Waals surface area contributed by atoms with Crippen molar-refractivity contribution in [1.82, 2.24) is 0 Å². The molecule has 0 heterocycles. The molecule has 1 aromatic rings. The second-order valence-corrected chi connectivity index (χ2v) is 2.74. The summed E-state index contributed by atoms with van der Waals surface area (Å²) in [5, 5.41) is 0. The standard InChI is InChI=1S/C9H7IO/c10-7-6-9(11)8-4-2-1-3-5-8/h1-7H/b7-6-. The van der Waals surface area contributed by atoms with Crippen molar-refractivity contribution in [1.29, 1.82) is 0 Å². The minimum Gasteiger partial charge on any atom is -0.289 e. The lowest BCUT2D eigenvalue weighted by molar-refractivity contribution is 0.104. The van der Waals surface area contributed by atoms with Gasteiger partial charge in [-0.3, -0.25) is 4.79 Å². The van der Waals surface area contributed by atoms with Gasteiger partial charge in [0, 0.05) is 5.56 Å². The zero-order chi connectivity index (χ0) is 8.10. The maximum absolute atomic E-state index is 11.2. The van der Waals surface area contributed by atoms with Crippen molar-refractivity contribution in [2.75, 3.05) is 0 Å². The van der Waals surface area contributed by atoms with Gasteiger partial charge in [0.15, 0.2) is 5.78 Å². The van der Waals surface area contributed by atoms with Gasteiger partial charge in [-0.2, -0.15) is 0 Å². The predicted molar refractivity (Wildman–Crippen MR) is 53.9 cm³/mol. The summed E-state index contributed by atoms with van der Waals surface area (Å²) in [6, 6.07) is 9.21. The number of allylic oxidation sites excluding steroid dienone is 1. The summed E-state index contributed by atoms with van der Waals surface area (Å²) in [6.45, 7) is 0. The van der Waals surface area contributed by atoms with Crippen molar-refractivity contribution in [3.05, 3.63) is 46.1 Å². The topological polar surface area (TPSA) is 17.1 Å². The Balaban J connectivity index is 2.86. The molecule has 1 aromatic carbocycles. The molecule has 0 aliphatic heterocycles. The first kappa shape index (κ1) is 8.46. The van der Waals surface area contributed by atoms with E-state index in [1.54, 1.807) is 22.3 Å². The molecule has 0 spiro atoms. The van der Waals surface area contributed by atoms with Crippen LogP contribution in [0.3, 0.4) is 0 Å². The minimum atomic E-state index is 0.0556. The molecule has 0 amide bonds. The molecule has 1 rings (SSSR count). The van der Waals surface area contributed by atoms with Crippen molar-refractivity contribution < 1.29 is 4.79 Å². The highest BCUT2D eigenvalue weighted by atomic mass is 127. The highest BCUT2D eigenvalue weighted by Gasteiger charge is 1.97. The molecular weight excluding hydrogens is 251 g/mol. The summed E-state index contributed by atoms with van der Waals surface area (Å²) in [4.78, 5) is 11.2. The van der Waals surface area contributed by atoms with Gasteiger partial charge < -0.3 is 0 Å². The van der Waals surface area contributed by atoms with Gasteiger partial charge in [0.05, 0.1) is 0 Å². The highest BCUT2D eigenvalue weighted by molar-refractivity contribution is 14.1. The second-order valence-electron chi connectivity index (χ2n) is 2.02. The molecule has 11 heavy (non-hydrogen) atoms. The van der Waals surface area contributed by atoms with Gasteiger partial charge in [0.1, 0.15) is 0 Å². The third-order valence-electron chi connectivity index (χ3n) is 1.27. The molecule has 56 valence electrons. The van der Waals surface area contributed by atoms with E-state index in [9.17, 15) is 4.79 Å². The lowest BCUT2D eigenvalue weighted by Crippen LogP contribution is -1.91. The highest BCUT2D eigenvalue weighted by Crippen LogP contribution is 2.01. The fraction of sp³-hybridized carbons (Fsp3) is 0. The second kappa shape index (κ2) is 4.28. The van der Waals surface area contributed by atoms with E-state index in [0.717, 1.165) is 5.56 Å². The molecule has 0 radical (unpaired) electrons. The van der Waals surface area contributed by atoms with Gasteiger partial charge in [-0.15, -0.1) is 0 Å². The molecule has 0 aliphatic rings. The zero-order valence-electron chi connectivity index (χ0n) is 5.83. The average Bonchev–Trinajstić information content (AvgIpc) is 2.07. The van der Waals surface area contributed by atoms with E-state index < -0.39 is 0 Å². The number of hydrogen-bond acceptors (Lipinski definition) is 1. The number of halogens is 1. The van der Waals surface area contributed by atoms with Crippen LogP contribution in [0, 0.1) is 0 Å². The van der Waals surface area contributed by atoms with Gasteiger partial charge in [-0.25, -0.2) is 0 Å². The Morgan fingerprint density at radius 3 is 2.45 bits per heavy atom. The quantitative estimate of drug-likeness (QED) is 0.453. The van der Waals surface area contributed by atoms with Crippen LogP contribution >= 0.6 is 22.6 Å². The van der Waals surface area contributed by atoms with Gasteiger partial charge in [-0.1, -0.05) is 52.9 Å². The van der Waals surface area contributed by atoms with Crippen LogP contribution in [0.2, 0.25) is 0 Å². The van der Waals surface area contributed by atoms with Crippen LogP contribution < -0.4 is 0 Å². The zero-order valence-corrected chi connectivity index (χ0v) is 7.99. The fourth-order valence-corrected chi connectivity index (χ4v) is 1.08. The van der Waals surface area contributed by atoms with Gasteiger partial charge >= 0.3 is 0 Å². The molecule has 2 heteroatoms. The lowest BCUT2D eigenvalue weighted by atomic mass is 10.1. The monoisotopic (exact) mass is 258 g/mol. The SMILES string of the molecule is O=C(/C=C\I)c1ccccc1. The van der Waals surface area contributed by atoms with E-state index in [1.807, 2.05) is 40.8 Å². The smallest absolute Gasteiger partial charge is 0.186 e. The van der Waals surface area contributed by atoms with E-state index in [2.05, 4.69) is 0 Å². The van der Waals surface area contributed by atoms with E-state index >= 15 is 0 Å². The first-order chi connectivity index (χ1) is 5.34. The van der Waals surface area contributed by atoms with Crippen molar-refractivity contribution >= 4 is 28.4 Å². The van der Waals surface area contributed by atoms with Crippen molar-refractivity contribution in [2.45, 2.75) is 0 Å². The van der Waals surface area contributed by atoms with Crippen molar-refractivity contribution in [3.8, 4) is 0 Å². The Morgan fingerprint density at radius 1 is 1.27 bits per heavy atom. The molecule has 0 bridgehead atoms. The molecule has 0 fully saturated rings. The molecule has 0 atom stereocenters. The first-order valence-electron chi connectivity index (χ1n) is 3.21. The number of carbonyl (C=O) groups is 1. The Labute approximate surface area is 79.3 Å². The van der Waals surface area contributed by atoms with E-state index in [1.165, 1.54) is 0 Å². The Bertz CT molecular complexity index is 264. The molecule has 0 unspecified atom stereocenters. The Hall–Kier alpha value is -0.640. The van der Waals surface area contributed by atoms with Crippen molar-refractivity contribution in [3.63, 3.8) is 0 Å². The molecule has 1 nitrogen and oxygen atoms in total. The summed E-state index contributed by atoms with van der Waals surface area (Å²) in [6.07, 6.45) is 1.55. The summed E-state index contributed by atoms with van der Waals surface area (Å²) in [5.41, 5.74) is 0.736. The van der Waals surface area contributed by atoms with Gasteiger partial charge in [0.25, 0.3) is 0 Å². The number of rotatable bonds is 2. The lowest BCUT2D eigenvalue weighted by Gasteiger charge is -1.91. The summed E-state index contributed by atoms with van der Waals surface area (Å²) >= 11 is 2.03. The number of carbonyl (C=O) groups excluding carboxylic acids is 1. The van der Waals surface area contributed by atoms with E-state index in [0.29, 0.717) is 0 Å². The van der Waals surface area contributed by atoms with Crippen LogP contribution in [0.4, 0.5) is 0 Å². The normalized spacial score (nSPS) is 10.3. The largest absolute Gasteiger partial charge is 0.289 e. The maximum atomic E-state index is 11.2. The molecule has 0 aromatic heterocycles.